The van der Waals surface area contributed by atoms with Crippen LogP contribution in [0.4, 0.5) is 0 Å². The Kier molecular flexibility index (Phi) is 24.4. The van der Waals surface area contributed by atoms with Crippen LogP contribution in [0, 0.1) is 18.8 Å². The summed E-state index contributed by atoms with van der Waals surface area (Å²) < 4.78 is 0. The van der Waals surface area contributed by atoms with Crippen molar-refractivity contribution in [1.29, 1.82) is 0 Å². The maximum atomic E-state index is 14.5. The molecule has 0 saturated carbocycles. The third kappa shape index (κ3) is 19.4. The quantitative estimate of drug-likeness (QED) is 0.0306. The van der Waals surface area contributed by atoms with Gasteiger partial charge in [0.2, 0.25) is 65.0 Å². The van der Waals surface area contributed by atoms with Gasteiger partial charge in [-0.25, -0.2) is 4.98 Å². The SMILES string of the molecule is Cc1cccc2[nH]cc(C[C@H](NC(=O)[C@H](CCC(N)=O)NC(=O)[C@@H](Cc3ccccc3)NC(=O)[C@@H]3CCCCN3)C(=O)N[C@@H](C)C(=O)N[C@H](C(=O)NCC(=O)N[C@@H](Cc3c[nH]cn3)C(=O)N[C@@H](CC(C)C)C(=O)N3CSC[C@H]3C(N)=O)C(C)C)c12. The number of fused-ring (bicyclic) bond motifs is 1. The van der Waals surface area contributed by atoms with E-state index in [1.807, 2.05) is 45.0 Å². The van der Waals surface area contributed by atoms with Gasteiger partial charge in [-0.1, -0.05) is 76.6 Å². The molecule has 4 aromatic rings. The number of carbonyl (C=O) groups is 11. The lowest BCUT2D eigenvalue weighted by atomic mass is 9.99. The summed E-state index contributed by atoms with van der Waals surface area (Å²) in [4.78, 5) is 162. The Labute approximate surface area is 497 Å². The van der Waals surface area contributed by atoms with Crippen molar-refractivity contribution in [1.82, 2.24) is 67.7 Å². The van der Waals surface area contributed by atoms with Crippen LogP contribution in [-0.2, 0) is 72.0 Å². The summed E-state index contributed by atoms with van der Waals surface area (Å²) >= 11 is 1.35. The molecule has 2 aliphatic rings. The normalized spacial score (nSPS) is 17.5. The maximum Gasteiger partial charge on any atom is 0.246 e. The van der Waals surface area contributed by atoms with Crippen LogP contribution in [0.1, 0.15) is 95.5 Å². The number of rotatable bonds is 30. The van der Waals surface area contributed by atoms with Gasteiger partial charge in [0.1, 0.15) is 48.3 Å². The fourth-order valence-electron chi connectivity index (χ4n) is 10.1. The first-order valence-corrected chi connectivity index (χ1v) is 29.8. The van der Waals surface area contributed by atoms with E-state index in [4.69, 9.17) is 11.5 Å². The number of hydrogen-bond acceptors (Lipinski definition) is 14. The molecule has 0 spiro atoms. The summed E-state index contributed by atoms with van der Waals surface area (Å²) in [5, 5.41) is 25.4. The molecule has 2 fully saturated rings. The molecule has 85 heavy (non-hydrogen) atoms. The second kappa shape index (κ2) is 31.5. The smallest absolute Gasteiger partial charge is 0.246 e. The van der Waals surface area contributed by atoms with E-state index in [0.717, 1.165) is 34.9 Å². The predicted octanol–water partition coefficient (Wildman–Crippen LogP) is -0.746. The Morgan fingerprint density at radius 3 is 2.02 bits per heavy atom. The Bertz CT molecular complexity index is 3000. The first-order chi connectivity index (χ1) is 40.5. The largest absolute Gasteiger partial charge is 0.370 e. The van der Waals surface area contributed by atoms with Crippen molar-refractivity contribution >= 4 is 87.6 Å². The molecule has 27 heteroatoms. The van der Waals surface area contributed by atoms with Gasteiger partial charge in [-0.05, 0) is 80.7 Å². The number of hydrogen-bond donors (Lipinski definition) is 13. The van der Waals surface area contributed by atoms with Crippen molar-refractivity contribution in [3.8, 4) is 0 Å². The highest BCUT2D eigenvalue weighted by Crippen LogP contribution is 2.25. The van der Waals surface area contributed by atoms with Gasteiger partial charge >= 0.3 is 0 Å². The molecule has 2 aliphatic heterocycles. The summed E-state index contributed by atoms with van der Waals surface area (Å²) in [5.41, 5.74) is 14.5. The van der Waals surface area contributed by atoms with E-state index in [2.05, 4.69) is 62.8 Å². The highest BCUT2D eigenvalue weighted by atomic mass is 32.2. The van der Waals surface area contributed by atoms with Crippen LogP contribution >= 0.6 is 11.8 Å². The Hall–Kier alpha value is -8.33. The fourth-order valence-corrected chi connectivity index (χ4v) is 11.3. The second-order valence-electron chi connectivity index (χ2n) is 22.4. The zero-order chi connectivity index (χ0) is 61.9. The summed E-state index contributed by atoms with van der Waals surface area (Å²) in [6.07, 6.45) is 6.33. The number of aromatic nitrogens is 3. The van der Waals surface area contributed by atoms with Crippen LogP contribution in [0.5, 0.6) is 0 Å². The molecule has 4 heterocycles. The van der Waals surface area contributed by atoms with Crippen LogP contribution in [0.15, 0.2) is 67.3 Å². The molecule has 2 saturated heterocycles. The van der Waals surface area contributed by atoms with Gasteiger partial charge in [-0.3, -0.25) is 52.7 Å². The van der Waals surface area contributed by atoms with E-state index < -0.39 is 132 Å². The number of benzene rings is 2. The van der Waals surface area contributed by atoms with Crippen molar-refractivity contribution in [2.24, 2.45) is 23.3 Å². The molecule has 0 radical (unpaired) electrons. The molecule has 460 valence electrons. The summed E-state index contributed by atoms with van der Waals surface area (Å²) in [6.45, 7) is 10.2. The molecule has 2 aromatic carbocycles. The molecule has 9 atom stereocenters. The van der Waals surface area contributed by atoms with Gasteiger partial charge in [0.05, 0.1) is 30.5 Å². The number of aryl methyl sites for hydroxylation is 1. The number of nitrogens with one attached hydrogen (secondary N) is 11. The van der Waals surface area contributed by atoms with E-state index in [9.17, 15) is 52.7 Å². The molecular formula is C58H81N15O11S. The predicted molar refractivity (Wildman–Crippen MR) is 317 cm³/mol. The second-order valence-corrected chi connectivity index (χ2v) is 23.4. The topological polar surface area (TPSA) is 396 Å². The van der Waals surface area contributed by atoms with E-state index in [1.165, 1.54) is 36.1 Å². The average Bonchev–Trinajstić information content (AvgIpc) is 3.42. The van der Waals surface area contributed by atoms with Crippen LogP contribution in [0.2, 0.25) is 0 Å². The minimum atomic E-state index is -1.44. The standard InChI is InChI=1S/C58H81N15O11S/c1-31(2)21-44(58(84)73-30-85-28-45(73)50(60)76)71-56(82)43(24-37-26-61-29-65-37)67-47(75)27-64-57(83)49(32(3)4)72-51(77)34(6)66-54(80)42(23-36-25-63-38-17-12-13-33(5)48(36)38)70-53(79)40(18-19-46(59)74)68-55(81)41(22-35-14-8-7-9-15-35)69-52(78)39-16-10-11-20-62-39/h7-9,12-15,17,25-26,29,31-32,34,39-45,49,62-63H,10-11,16,18-24,27-28,30H2,1-6H3,(H2,59,74)(H2,60,76)(H,61,65)(H,64,83)(H,66,80)(H,67,75)(H,68,81)(H,69,78)(H,70,79)(H,71,82)(H,72,77)/t34-,39-,40-,41+,42-,43-,44-,45-,49-/m0/s1. The highest BCUT2D eigenvalue weighted by molar-refractivity contribution is 7.99. The molecule has 0 bridgehead atoms. The lowest BCUT2D eigenvalue weighted by molar-refractivity contribution is -0.141. The zero-order valence-electron chi connectivity index (χ0n) is 48.8. The number of imidazole rings is 1. The van der Waals surface area contributed by atoms with Gasteiger partial charge in [-0.15, -0.1) is 11.8 Å². The first-order valence-electron chi connectivity index (χ1n) is 28.6. The van der Waals surface area contributed by atoms with Crippen molar-refractivity contribution in [3.05, 3.63) is 89.6 Å². The number of nitrogens with two attached hydrogens (primary N) is 2. The molecule has 11 amide bonds. The molecule has 6 rings (SSSR count). The number of carbonyl (C=O) groups excluding carboxylic acids is 11. The molecular weight excluding hydrogens is 1110 g/mol. The summed E-state index contributed by atoms with van der Waals surface area (Å²) in [6, 6.07) is 4.22. The lowest BCUT2D eigenvalue weighted by Gasteiger charge is -2.29. The molecule has 2 aromatic heterocycles. The van der Waals surface area contributed by atoms with E-state index in [0.29, 0.717) is 30.0 Å². The molecule has 0 unspecified atom stereocenters. The third-order valence-electron chi connectivity index (χ3n) is 14.8. The number of amides is 11. The van der Waals surface area contributed by atoms with Crippen LogP contribution in [0.3, 0.4) is 0 Å². The number of primary amides is 2. The van der Waals surface area contributed by atoms with Crippen LogP contribution in [0.25, 0.3) is 10.9 Å². The molecule has 0 aliphatic carbocycles. The van der Waals surface area contributed by atoms with Crippen LogP contribution < -0.4 is 59.3 Å². The fraction of sp³-hybridized carbons (Fsp3) is 0.517. The monoisotopic (exact) mass is 1200 g/mol. The first kappa shape index (κ1) is 65.8. The maximum absolute atomic E-state index is 14.5. The third-order valence-corrected chi connectivity index (χ3v) is 15.8. The van der Waals surface area contributed by atoms with E-state index in [1.54, 1.807) is 44.3 Å². The van der Waals surface area contributed by atoms with Gasteiger partial charge in [0.15, 0.2) is 0 Å². The minimum absolute atomic E-state index is 0.0644. The zero-order valence-corrected chi connectivity index (χ0v) is 49.7. The number of aromatic amines is 2. The van der Waals surface area contributed by atoms with Crippen molar-refractivity contribution in [2.45, 2.75) is 154 Å². The van der Waals surface area contributed by atoms with Gasteiger partial charge in [0.25, 0.3) is 0 Å². The summed E-state index contributed by atoms with van der Waals surface area (Å²) in [7, 11) is 0. The Morgan fingerprint density at radius 1 is 0.706 bits per heavy atom. The molecule has 15 N–H and O–H groups in total. The van der Waals surface area contributed by atoms with Crippen molar-refractivity contribution in [2.75, 3.05) is 24.7 Å². The number of nitrogens with zero attached hydrogens (tertiary/aromatic N) is 2. The summed E-state index contributed by atoms with van der Waals surface area (Å²) in [5.74, 6) is -7.96. The lowest BCUT2D eigenvalue weighted by Crippen LogP contribution is -2.60. The number of thioether (sulfide) groups is 1. The van der Waals surface area contributed by atoms with Crippen molar-refractivity contribution in [3.63, 3.8) is 0 Å². The van der Waals surface area contributed by atoms with Gasteiger partial charge < -0.3 is 74.2 Å². The van der Waals surface area contributed by atoms with E-state index in [-0.39, 0.29) is 50.3 Å². The van der Waals surface area contributed by atoms with Crippen LogP contribution in [-0.4, -0.2) is 164 Å². The molecule has 26 nitrogen and oxygen atoms in total. The number of piperidine rings is 1. The number of H-pyrrole nitrogens is 2. The average molecular weight is 1200 g/mol. The van der Waals surface area contributed by atoms with Gasteiger partial charge in [0, 0.05) is 54.7 Å². The Balaban J connectivity index is 1.14. The van der Waals surface area contributed by atoms with Crippen molar-refractivity contribution < 1.29 is 52.7 Å². The minimum Gasteiger partial charge on any atom is -0.370 e. The van der Waals surface area contributed by atoms with E-state index >= 15 is 0 Å². The van der Waals surface area contributed by atoms with Gasteiger partial charge in [-0.2, -0.15) is 0 Å². The highest BCUT2D eigenvalue weighted by Gasteiger charge is 2.39. The Morgan fingerprint density at radius 2 is 1.38 bits per heavy atom.